The van der Waals surface area contributed by atoms with Crippen LogP contribution in [0.3, 0.4) is 0 Å². The Morgan fingerprint density at radius 2 is 2.00 bits per heavy atom. The van der Waals surface area contributed by atoms with E-state index in [0.29, 0.717) is 11.1 Å². The summed E-state index contributed by atoms with van der Waals surface area (Å²) in [7, 11) is 0. The zero-order chi connectivity index (χ0) is 15.9. The number of rotatable bonds is 2. The Labute approximate surface area is 128 Å². The molecule has 1 unspecified atom stereocenters. The molecule has 1 atom stereocenters. The summed E-state index contributed by atoms with van der Waals surface area (Å²) in [4.78, 5) is 25.1. The third-order valence-corrected chi connectivity index (χ3v) is 4.08. The number of para-hydroxylation sites is 1. The number of benzene rings is 2. The number of hydrogen-bond acceptors (Lipinski definition) is 3. The van der Waals surface area contributed by atoms with Crippen LogP contribution in [-0.4, -0.2) is 16.9 Å². The number of carbonyl (C=O) groups is 1. The average molecular weight is 296 g/mol. The second kappa shape index (κ2) is 5.26. The molecule has 5 nitrogen and oxygen atoms in total. The van der Waals surface area contributed by atoms with E-state index in [1.54, 1.807) is 24.0 Å². The second-order valence-electron chi connectivity index (χ2n) is 5.62. The van der Waals surface area contributed by atoms with Crippen molar-refractivity contribution < 1.29 is 9.72 Å². The van der Waals surface area contributed by atoms with Crippen molar-refractivity contribution in [3.63, 3.8) is 0 Å². The molecule has 3 rings (SSSR count). The van der Waals surface area contributed by atoms with E-state index in [0.717, 1.165) is 17.7 Å². The maximum atomic E-state index is 12.8. The Hall–Kier alpha value is -2.69. The fourth-order valence-electron chi connectivity index (χ4n) is 2.95. The lowest BCUT2D eigenvalue weighted by Gasteiger charge is -2.22. The SMILES string of the molecule is Cc1ccc(C(=O)N2c3ccccc3CC2C)cc1[N+](=O)[O-]. The molecule has 1 aliphatic rings. The first-order valence-corrected chi connectivity index (χ1v) is 7.15. The van der Waals surface area contributed by atoms with Crippen LogP contribution in [0.15, 0.2) is 42.5 Å². The third-order valence-electron chi connectivity index (χ3n) is 4.08. The van der Waals surface area contributed by atoms with Gasteiger partial charge in [-0.3, -0.25) is 14.9 Å². The van der Waals surface area contributed by atoms with Gasteiger partial charge in [0.2, 0.25) is 0 Å². The van der Waals surface area contributed by atoms with Crippen molar-refractivity contribution in [3.05, 3.63) is 69.3 Å². The number of carbonyl (C=O) groups excluding carboxylic acids is 1. The van der Waals surface area contributed by atoms with Gasteiger partial charge in [0.15, 0.2) is 0 Å². The van der Waals surface area contributed by atoms with E-state index < -0.39 is 4.92 Å². The minimum absolute atomic E-state index is 0.0222. The summed E-state index contributed by atoms with van der Waals surface area (Å²) >= 11 is 0. The number of amides is 1. The Kier molecular flexibility index (Phi) is 3.41. The smallest absolute Gasteiger partial charge is 0.273 e. The molecular formula is C17H16N2O3. The lowest BCUT2D eigenvalue weighted by molar-refractivity contribution is -0.385. The molecule has 0 saturated heterocycles. The molecule has 1 amide bonds. The number of fused-ring (bicyclic) bond motifs is 1. The molecule has 22 heavy (non-hydrogen) atoms. The maximum Gasteiger partial charge on any atom is 0.273 e. The van der Waals surface area contributed by atoms with Gasteiger partial charge in [-0.1, -0.05) is 24.3 Å². The minimum atomic E-state index is -0.451. The Balaban J connectivity index is 2.02. The topological polar surface area (TPSA) is 63.5 Å². The molecule has 2 aromatic carbocycles. The molecule has 0 aromatic heterocycles. The fourth-order valence-corrected chi connectivity index (χ4v) is 2.95. The minimum Gasteiger partial charge on any atom is -0.305 e. The number of aryl methyl sites for hydroxylation is 1. The highest BCUT2D eigenvalue weighted by atomic mass is 16.6. The zero-order valence-corrected chi connectivity index (χ0v) is 12.4. The van der Waals surface area contributed by atoms with Crippen molar-refractivity contribution in [2.24, 2.45) is 0 Å². The lowest BCUT2D eigenvalue weighted by atomic mass is 10.1. The first-order chi connectivity index (χ1) is 10.5. The summed E-state index contributed by atoms with van der Waals surface area (Å²) in [6, 6.07) is 12.5. The predicted octanol–water partition coefficient (Wildman–Crippen LogP) is 3.49. The first-order valence-electron chi connectivity index (χ1n) is 7.15. The molecule has 1 heterocycles. The molecular weight excluding hydrogens is 280 g/mol. The highest BCUT2D eigenvalue weighted by molar-refractivity contribution is 6.08. The third kappa shape index (κ3) is 2.24. The van der Waals surface area contributed by atoms with Crippen molar-refractivity contribution in [2.75, 3.05) is 4.90 Å². The van der Waals surface area contributed by atoms with Gasteiger partial charge in [0, 0.05) is 28.9 Å². The van der Waals surface area contributed by atoms with Gasteiger partial charge in [0.1, 0.15) is 0 Å². The van der Waals surface area contributed by atoms with Crippen molar-refractivity contribution in [2.45, 2.75) is 26.3 Å². The first kappa shape index (κ1) is 14.3. The maximum absolute atomic E-state index is 12.8. The van der Waals surface area contributed by atoms with Gasteiger partial charge in [-0.05, 0) is 38.0 Å². The lowest BCUT2D eigenvalue weighted by Crippen LogP contribution is -2.35. The van der Waals surface area contributed by atoms with Gasteiger partial charge in [0.25, 0.3) is 11.6 Å². The van der Waals surface area contributed by atoms with E-state index in [4.69, 9.17) is 0 Å². The largest absolute Gasteiger partial charge is 0.305 e. The van der Waals surface area contributed by atoms with Crippen LogP contribution < -0.4 is 4.90 Å². The van der Waals surface area contributed by atoms with Crippen LogP contribution in [0.2, 0.25) is 0 Å². The molecule has 0 bridgehead atoms. The van der Waals surface area contributed by atoms with E-state index in [2.05, 4.69) is 0 Å². The van der Waals surface area contributed by atoms with Crippen molar-refractivity contribution >= 4 is 17.3 Å². The summed E-state index contributed by atoms with van der Waals surface area (Å²) in [6.45, 7) is 3.65. The number of hydrogen-bond donors (Lipinski definition) is 0. The van der Waals surface area contributed by atoms with Gasteiger partial charge in [-0.15, -0.1) is 0 Å². The molecule has 0 N–H and O–H groups in total. The van der Waals surface area contributed by atoms with Crippen LogP contribution in [0.4, 0.5) is 11.4 Å². The van der Waals surface area contributed by atoms with Gasteiger partial charge in [0.05, 0.1) is 4.92 Å². The summed E-state index contributed by atoms with van der Waals surface area (Å²) < 4.78 is 0. The number of nitrogens with zero attached hydrogens (tertiary/aromatic N) is 2. The molecule has 1 aliphatic heterocycles. The second-order valence-corrected chi connectivity index (χ2v) is 5.62. The van der Waals surface area contributed by atoms with E-state index in [-0.39, 0.29) is 17.6 Å². The molecule has 0 fully saturated rings. The average Bonchev–Trinajstić information content (AvgIpc) is 2.82. The number of nitro benzene ring substituents is 1. The Morgan fingerprint density at radius 1 is 1.27 bits per heavy atom. The van der Waals surface area contributed by atoms with Gasteiger partial charge in [-0.25, -0.2) is 0 Å². The Morgan fingerprint density at radius 3 is 2.73 bits per heavy atom. The van der Waals surface area contributed by atoms with E-state index >= 15 is 0 Å². The molecule has 5 heteroatoms. The van der Waals surface area contributed by atoms with Crippen LogP contribution in [0.1, 0.15) is 28.4 Å². The van der Waals surface area contributed by atoms with E-state index in [1.165, 1.54) is 6.07 Å². The van der Waals surface area contributed by atoms with Crippen LogP contribution >= 0.6 is 0 Å². The van der Waals surface area contributed by atoms with Crippen molar-refractivity contribution in [3.8, 4) is 0 Å². The monoisotopic (exact) mass is 296 g/mol. The van der Waals surface area contributed by atoms with Gasteiger partial charge >= 0.3 is 0 Å². The fraction of sp³-hybridized carbons (Fsp3) is 0.235. The van der Waals surface area contributed by atoms with Crippen molar-refractivity contribution in [1.29, 1.82) is 0 Å². The molecule has 112 valence electrons. The van der Waals surface area contributed by atoms with Gasteiger partial charge < -0.3 is 4.90 Å². The van der Waals surface area contributed by atoms with Crippen LogP contribution in [0.25, 0.3) is 0 Å². The molecule has 0 spiro atoms. The number of nitro groups is 1. The van der Waals surface area contributed by atoms with Crippen LogP contribution in [0, 0.1) is 17.0 Å². The quantitative estimate of drug-likeness (QED) is 0.629. The summed E-state index contributed by atoms with van der Waals surface area (Å²) in [5, 5.41) is 11.1. The standard InChI is InChI=1S/C17H16N2O3/c1-11-7-8-14(10-16(11)19(21)22)17(20)18-12(2)9-13-5-3-4-6-15(13)18/h3-8,10,12H,9H2,1-2H3. The number of anilines is 1. The van der Waals surface area contributed by atoms with E-state index in [9.17, 15) is 14.9 Å². The van der Waals surface area contributed by atoms with Crippen LogP contribution in [0.5, 0.6) is 0 Å². The predicted molar refractivity (Wildman–Crippen MR) is 84.3 cm³/mol. The van der Waals surface area contributed by atoms with Gasteiger partial charge in [-0.2, -0.15) is 0 Å². The molecule has 2 aromatic rings. The summed E-state index contributed by atoms with van der Waals surface area (Å²) in [5.41, 5.74) is 2.90. The molecule has 0 radical (unpaired) electrons. The Bertz CT molecular complexity index is 770. The molecule has 0 aliphatic carbocycles. The summed E-state index contributed by atoms with van der Waals surface area (Å²) in [6.07, 6.45) is 0.801. The van der Waals surface area contributed by atoms with Crippen LogP contribution in [-0.2, 0) is 6.42 Å². The summed E-state index contributed by atoms with van der Waals surface area (Å²) in [5.74, 6) is -0.194. The highest BCUT2D eigenvalue weighted by Gasteiger charge is 2.31. The van der Waals surface area contributed by atoms with E-state index in [1.807, 2.05) is 31.2 Å². The van der Waals surface area contributed by atoms with Crippen molar-refractivity contribution in [1.82, 2.24) is 0 Å². The normalized spacial score (nSPS) is 16.5. The zero-order valence-electron chi connectivity index (χ0n) is 12.4. The molecule has 0 saturated carbocycles. The highest BCUT2D eigenvalue weighted by Crippen LogP contribution is 2.33.